The van der Waals surface area contributed by atoms with Crippen molar-refractivity contribution in [3.05, 3.63) is 0 Å². The molecular weight excluding hydrogens is 172 g/mol. The van der Waals surface area contributed by atoms with Gasteiger partial charge in [0.15, 0.2) is 0 Å². The molecule has 2 saturated heterocycles. The van der Waals surface area contributed by atoms with Crippen molar-refractivity contribution in [3.63, 3.8) is 0 Å². The molecule has 0 saturated carbocycles. The Balaban J connectivity index is 2.17. The molecule has 0 aromatic rings. The average molecular weight is 184 g/mol. The Kier molecular flexibility index (Phi) is 2.05. The van der Waals surface area contributed by atoms with Gasteiger partial charge in [0.05, 0.1) is 0 Å². The highest BCUT2D eigenvalue weighted by Gasteiger charge is 2.45. The maximum Gasteiger partial charge on any atom is 0.258 e. The highest BCUT2D eigenvalue weighted by molar-refractivity contribution is 6.02. The van der Waals surface area contributed by atoms with E-state index in [2.05, 4.69) is 0 Å². The quantitative estimate of drug-likeness (QED) is 0.551. The van der Waals surface area contributed by atoms with Crippen molar-refractivity contribution in [2.75, 3.05) is 13.1 Å². The van der Waals surface area contributed by atoms with Crippen LogP contribution in [0, 0.1) is 0 Å². The summed E-state index contributed by atoms with van der Waals surface area (Å²) < 4.78 is 5.22. The van der Waals surface area contributed by atoms with Crippen molar-refractivity contribution < 1.29 is 14.3 Å². The van der Waals surface area contributed by atoms with Gasteiger partial charge in [0, 0.05) is 13.1 Å². The smallest absolute Gasteiger partial charge is 0.258 e. The molecule has 2 unspecified atom stereocenters. The Labute approximate surface area is 75.8 Å². The van der Waals surface area contributed by atoms with Gasteiger partial charge < -0.3 is 10.5 Å². The molecule has 0 aliphatic carbocycles. The van der Waals surface area contributed by atoms with E-state index in [0.29, 0.717) is 25.9 Å². The van der Waals surface area contributed by atoms with Gasteiger partial charge in [-0.3, -0.25) is 14.5 Å². The molecule has 2 atom stereocenters. The summed E-state index contributed by atoms with van der Waals surface area (Å²) in [5, 5.41) is 0. The number of nitrogens with two attached hydrogens (primary N) is 1. The molecule has 0 aromatic carbocycles. The number of hydrogen-bond donors (Lipinski definition) is 1. The zero-order valence-electron chi connectivity index (χ0n) is 7.23. The van der Waals surface area contributed by atoms with E-state index in [-0.39, 0.29) is 11.8 Å². The number of hydrogen-bond acceptors (Lipinski definition) is 4. The van der Waals surface area contributed by atoms with Crippen LogP contribution in [0.1, 0.15) is 12.8 Å². The standard InChI is InChI=1S/C8H12N2O3/c9-3-4-10-7(11)5-1-2-6(13-5)8(10)12/h5-6H,1-4,9H2. The van der Waals surface area contributed by atoms with E-state index in [1.807, 2.05) is 0 Å². The monoisotopic (exact) mass is 184 g/mol. The number of amides is 2. The number of imide groups is 1. The second-order valence-electron chi connectivity index (χ2n) is 3.31. The van der Waals surface area contributed by atoms with Crippen molar-refractivity contribution >= 4 is 11.8 Å². The number of morpholine rings is 1. The summed E-state index contributed by atoms with van der Waals surface area (Å²) in [6.07, 6.45) is 0.538. The van der Waals surface area contributed by atoms with Gasteiger partial charge in [-0.15, -0.1) is 0 Å². The van der Waals surface area contributed by atoms with Gasteiger partial charge in [0.25, 0.3) is 11.8 Å². The van der Waals surface area contributed by atoms with E-state index in [9.17, 15) is 9.59 Å². The highest BCUT2D eigenvalue weighted by Crippen LogP contribution is 2.27. The van der Waals surface area contributed by atoms with Crippen LogP contribution in [0.25, 0.3) is 0 Å². The van der Waals surface area contributed by atoms with E-state index in [4.69, 9.17) is 10.5 Å². The molecule has 13 heavy (non-hydrogen) atoms. The molecule has 2 aliphatic heterocycles. The first kappa shape index (κ1) is 8.65. The third-order valence-corrected chi connectivity index (χ3v) is 2.46. The Morgan fingerprint density at radius 2 is 1.85 bits per heavy atom. The summed E-state index contributed by atoms with van der Waals surface area (Å²) in [5.74, 6) is -0.437. The van der Waals surface area contributed by atoms with E-state index in [1.165, 1.54) is 4.90 Å². The topological polar surface area (TPSA) is 72.6 Å². The van der Waals surface area contributed by atoms with Crippen molar-refractivity contribution in [1.82, 2.24) is 4.90 Å². The van der Waals surface area contributed by atoms with Gasteiger partial charge in [0.1, 0.15) is 12.2 Å². The van der Waals surface area contributed by atoms with Crippen molar-refractivity contribution in [2.45, 2.75) is 25.0 Å². The fraction of sp³-hybridized carbons (Fsp3) is 0.750. The second kappa shape index (κ2) is 3.08. The molecule has 2 N–H and O–H groups in total. The van der Waals surface area contributed by atoms with Crippen LogP contribution >= 0.6 is 0 Å². The highest BCUT2D eigenvalue weighted by atomic mass is 16.5. The molecule has 2 rings (SSSR count). The molecule has 2 amide bonds. The van der Waals surface area contributed by atoms with E-state index in [1.54, 1.807) is 0 Å². The first-order chi connectivity index (χ1) is 6.24. The molecule has 0 spiro atoms. The molecular formula is C8H12N2O3. The summed E-state index contributed by atoms with van der Waals surface area (Å²) >= 11 is 0. The lowest BCUT2D eigenvalue weighted by Gasteiger charge is -2.29. The predicted octanol–water partition coefficient (Wildman–Crippen LogP) is -1.14. The zero-order chi connectivity index (χ0) is 9.42. The van der Waals surface area contributed by atoms with Gasteiger partial charge >= 0.3 is 0 Å². The molecule has 0 radical (unpaired) electrons. The normalized spacial score (nSPS) is 32.8. The first-order valence-corrected chi connectivity index (χ1v) is 4.45. The summed E-state index contributed by atoms with van der Waals surface area (Å²) in [6.45, 7) is 0.630. The number of carbonyl (C=O) groups is 2. The largest absolute Gasteiger partial charge is 0.355 e. The third kappa shape index (κ3) is 1.24. The van der Waals surface area contributed by atoms with Gasteiger partial charge in [-0.2, -0.15) is 0 Å². The maximum atomic E-state index is 11.5. The summed E-state index contributed by atoms with van der Waals surface area (Å²) in [4.78, 5) is 24.2. The summed E-state index contributed by atoms with van der Waals surface area (Å²) in [5.41, 5.74) is 5.31. The minimum Gasteiger partial charge on any atom is -0.355 e. The number of fused-ring (bicyclic) bond motifs is 2. The van der Waals surface area contributed by atoms with Crippen molar-refractivity contribution in [3.8, 4) is 0 Å². The number of nitrogens with zero attached hydrogens (tertiary/aromatic N) is 1. The molecule has 2 fully saturated rings. The molecule has 2 aliphatic rings. The molecule has 5 heteroatoms. The van der Waals surface area contributed by atoms with Crippen LogP contribution < -0.4 is 5.73 Å². The van der Waals surface area contributed by atoms with Crippen LogP contribution in [-0.2, 0) is 14.3 Å². The Morgan fingerprint density at radius 3 is 2.31 bits per heavy atom. The lowest BCUT2D eigenvalue weighted by molar-refractivity contribution is -0.168. The minimum atomic E-state index is -0.394. The van der Waals surface area contributed by atoms with Gasteiger partial charge in [-0.25, -0.2) is 0 Å². The fourth-order valence-corrected chi connectivity index (χ4v) is 1.81. The van der Waals surface area contributed by atoms with Crippen LogP contribution in [0.2, 0.25) is 0 Å². The first-order valence-electron chi connectivity index (χ1n) is 4.45. The van der Waals surface area contributed by atoms with Crippen LogP contribution in [0.15, 0.2) is 0 Å². The maximum absolute atomic E-state index is 11.5. The van der Waals surface area contributed by atoms with Crippen LogP contribution in [0.4, 0.5) is 0 Å². The number of rotatable bonds is 2. The van der Waals surface area contributed by atoms with Gasteiger partial charge in [-0.1, -0.05) is 0 Å². The zero-order valence-corrected chi connectivity index (χ0v) is 7.23. The molecule has 0 aromatic heterocycles. The number of carbonyl (C=O) groups excluding carboxylic acids is 2. The van der Waals surface area contributed by atoms with E-state index in [0.717, 1.165) is 0 Å². The summed E-state index contributed by atoms with van der Waals surface area (Å²) in [6, 6.07) is 0. The third-order valence-electron chi connectivity index (χ3n) is 2.46. The van der Waals surface area contributed by atoms with Crippen molar-refractivity contribution in [2.24, 2.45) is 5.73 Å². The fourth-order valence-electron chi connectivity index (χ4n) is 1.81. The summed E-state index contributed by atoms with van der Waals surface area (Å²) in [7, 11) is 0. The van der Waals surface area contributed by atoms with Crippen molar-refractivity contribution in [1.29, 1.82) is 0 Å². The SMILES string of the molecule is NCCN1C(=O)C2CCC(O2)C1=O. The van der Waals surface area contributed by atoms with Gasteiger partial charge in [0.2, 0.25) is 0 Å². The lowest BCUT2D eigenvalue weighted by Crippen LogP contribution is -2.53. The van der Waals surface area contributed by atoms with Crippen LogP contribution in [0.3, 0.4) is 0 Å². The van der Waals surface area contributed by atoms with E-state index >= 15 is 0 Å². The Morgan fingerprint density at radius 1 is 1.31 bits per heavy atom. The van der Waals surface area contributed by atoms with Crippen LogP contribution in [0.5, 0.6) is 0 Å². The molecule has 2 heterocycles. The number of likely N-dealkylation sites (tertiary alicyclic amines) is 1. The van der Waals surface area contributed by atoms with E-state index < -0.39 is 12.2 Å². The Hall–Kier alpha value is -0.940. The molecule has 5 nitrogen and oxygen atoms in total. The second-order valence-corrected chi connectivity index (χ2v) is 3.31. The molecule has 72 valence electrons. The minimum absolute atomic E-state index is 0.218. The van der Waals surface area contributed by atoms with Crippen LogP contribution in [-0.4, -0.2) is 42.0 Å². The average Bonchev–Trinajstić information content (AvgIpc) is 2.56. The molecule has 2 bridgehead atoms. The Bertz CT molecular complexity index is 232. The predicted molar refractivity (Wildman–Crippen MR) is 43.7 cm³/mol. The lowest BCUT2D eigenvalue weighted by atomic mass is 10.2. The number of ether oxygens (including phenoxy) is 1. The van der Waals surface area contributed by atoms with Gasteiger partial charge in [-0.05, 0) is 12.8 Å².